The van der Waals surface area contributed by atoms with Crippen LogP contribution < -0.4 is 9.47 Å². The van der Waals surface area contributed by atoms with Gasteiger partial charge in [0, 0.05) is 57.2 Å². The lowest BCUT2D eigenvalue weighted by Gasteiger charge is -2.19. The molecule has 5 aromatic heterocycles. The zero-order valence-corrected chi connectivity index (χ0v) is 30.6. The summed E-state index contributed by atoms with van der Waals surface area (Å²) in [6, 6.07) is 44.9. The lowest BCUT2D eigenvalue weighted by atomic mass is 9.98. The van der Waals surface area contributed by atoms with Gasteiger partial charge in [0.15, 0.2) is 6.33 Å². The summed E-state index contributed by atoms with van der Waals surface area (Å²) in [5.74, 6) is 4.88. The number of rotatable bonds is 9. The molecular formula is C46H34N8O2. The van der Waals surface area contributed by atoms with Gasteiger partial charge in [0.2, 0.25) is 5.82 Å². The number of hydrogen-bond acceptors (Lipinski definition) is 8. The average molecular weight is 731 g/mol. The third kappa shape index (κ3) is 5.84. The topological polar surface area (TPSA) is 106 Å². The second-order valence-electron chi connectivity index (χ2n) is 14.1. The Morgan fingerprint density at radius 1 is 0.518 bits per heavy atom. The molecule has 10 nitrogen and oxygen atoms in total. The van der Waals surface area contributed by atoms with E-state index in [2.05, 4.69) is 116 Å². The van der Waals surface area contributed by atoms with E-state index in [0.29, 0.717) is 40.8 Å². The molecule has 0 bridgehead atoms. The lowest BCUT2D eigenvalue weighted by molar-refractivity contribution is 0.442. The van der Waals surface area contributed by atoms with E-state index < -0.39 is 0 Å². The Morgan fingerprint density at radius 3 is 1.48 bits per heavy atom. The minimum absolute atomic E-state index is 0.283. The predicted molar refractivity (Wildman–Crippen MR) is 219 cm³/mol. The maximum Gasteiger partial charge on any atom is 0.203 e. The van der Waals surface area contributed by atoms with E-state index in [9.17, 15) is 0 Å². The maximum absolute atomic E-state index is 6.91. The molecule has 0 saturated carbocycles. The second-order valence-corrected chi connectivity index (χ2v) is 14.1. The highest BCUT2D eigenvalue weighted by Gasteiger charge is 2.21. The number of hydrogen-bond donors (Lipinski definition) is 0. The molecule has 270 valence electrons. The summed E-state index contributed by atoms with van der Waals surface area (Å²) in [6.07, 6.45) is 5.63. The molecule has 0 aliphatic heterocycles. The first-order chi connectivity index (χ1) is 27.6. The zero-order chi connectivity index (χ0) is 37.6. The van der Waals surface area contributed by atoms with Gasteiger partial charge < -0.3 is 9.47 Å². The van der Waals surface area contributed by atoms with E-state index in [4.69, 9.17) is 19.4 Å². The summed E-state index contributed by atoms with van der Waals surface area (Å²) in [5, 5.41) is 21.1. The van der Waals surface area contributed by atoms with E-state index >= 15 is 0 Å². The van der Waals surface area contributed by atoms with Crippen LogP contribution in [0.2, 0.25) is 0 Å². The summed E-state index contributed by atoms with van der Waals surface area (Å²) >= 11 is 0. The Morgan fingerprint density at radius 2 is 1.00 bits per heavy atom. The molecule has 0 aliphatic carbocycles. The summed E-state index contributed by atoms with van der Waals surface area (Å²) in [7, 11) is 0. The molecule has 5 heterocycles. The smallest absolute Gasteiger partial charge is 0.203 e. The van der Waals surface area contributed by atoms with Crippen molar-refractivity contribution in [2.75, 3.05) is 0 Å². The van der Waals surface area contributed by atoms with E-state index in [0.717, 1.165) is 60.8 Å². The molecule has 0 aliphatic rings. The largest absolute Gasteiger partial charge is 0.457 e. The minimum atomic E-state index is 0.283. The Labute approximate surface area is 321 Å². The fourth-order valence-electron chi connectivity index (χ4n) is 7.61. The van der Waals surface area contributed by atoms with Crippen molar-refractivity contribution in [2.45, 2.75) is 20.3 Å². The number of benzene rings is 5. The first-order valence-electron chi connectivity index (χ1n) is 18.5. The van der Waals surface area contributed by atoms with Gasteiger partial charge in [0.1, 0.15) is 34.6 Å². The van der Waals surface area contributed by atoms with Crippen LogP contribution >= 0.6 is 0 Å². The van der Waals surface area contributed by atoms with E-state index in [1.54, 1.807) is 0 Å². The Kier molecular flexibility index (Phi) is 8.14. The molecule has 10 heteroatoms. The molecule has 10 aromatic rings. The number of ether oxygens (including phenoxy) is 2. The quantitative estimate of drug-likeness (QED) is 0.144. The third-order valence-electron chi connectivity index (χ3n) is 9.95. The van der Waals surface area contributed by atoms with Crippen LogP contribution in [0.15, 0.2) is 152 Å². The fraction of sp³-hybridized carbons (Fsp3) is 0.0870. The summed E-state index contributed by atoms with van der Waals surface area (Å²) < 4.78 is 18.2. The molecule has 0 saturated heterocycles. The predicted octanol–water partition coefficient (Wildman–Crippen LogP) is 10.7. The standard InChI is InChI=1S/C46H34N8O2/c1-29(2)23-37-42(55-31-17-19-35-33-11-3-5-13-38(33)53(40(35)26-31)44-15-7-9-21-47-44)24-30(46-51-49-28-50-52-46)25-43(37)56-32-18-20-36-34-12-4-6-14-39(34)54(41(36)27-32)45-16-8-10-22-48-45/h3-22,24-29H,23H2,1-2H3. The van der Waals surface area contributed by atoms with Crippen LogP contribution in [0.5, 0.6) is 23.0 Å². The highest BCUT2D eigenvalue weighted by Crippen LogP contribution is 2.42. The van der Waals surface area contributed by atoms with Crippen molar-refractivity contribution in [3.05, 3.63) is 158 Å². The zero-order valence-electron chi connectivity index (χ0n) is 30.6. The third-order valence-corrected chi connectivity index (χ3v) is 9.95. The van der Waals surface area contributed by atoms with Crippen molar-refractivity contribution >= 4 is 43.6 Å². The maximum atomic E-state index is 6.91. The molecule has 0 radical (unpaired) electrons. The van der Waals surface area contributed by atoms with Crippen LogP contribution in [0.1, 0.15) is 19.4 Å². The van der Waals surface area contributed by atoms with E-state index in [1.807, 2.05) is 73.1 Å². The van der Waals surface area contributed by atoms with Crippen LogP contribution in [0.4, 0.5) is 0 Å². The molecule has 0 N–H and O–H groups in total. The van der Waals surface area contributed by atoms with Crippen molar-refractivity contribution in [2.24, 2.45) is 5.92 Å². The van der Waals surface area contributed by atoms with Crippen molar-refractivity contribution in [3.63, 3.8) is 0 Å². The van der Waals surface area contributed by atoms with E-state index in [-0.39, 0.29) is 5.92 Å². The monoisotopic (exact) mass is 730 g/mol. The molecule has 10 rings (SSSR count). The van der Waals surface area contributed by atoms with Crippen molar-refractivity contribution < 1.29 is 9.47 Å². The normalized spacial score (nSPS) is 11.6. The van der Waals surface area contributed by atoms with Gasteiger partial charge in [-0.2, -0.15) is 0 Å². The highest BCUT2D eigenvalue weighted by molar-refractivity contribution is 6.10. The van der Waals surface area contributed by atoms with Crippen LogP contribution in [0.3, 0.4) is 0 Å². The van der Waals surface area contributed by atoms with Crippen LogP contribution in [0.25, 0.3) is 66.6 Å². The summed E-state index contributed by atoms with van der Waals surface area (Å²) in [5.41, 5.74) is 5.68. The van der Waals surface area contributed by atoms with Crippen LogP contribution in [0, 0.1) is 5.92 Å². The van der Waals surface area contributed by atoms with Gasteiger partial charge in [0.25, 0.3) is 0 Å². The lowest BCUT2D eigenvalue weighted by Crippen LogP contribution is -2.03. The van der Waals surface area contributed by atoms with E-state index in [1.165, 1.54) is 6.33 Å². The van der Waals surface area contributed by atoms with Gasteiger partial charge in [-0.25, -0.2) is 9.97 Å². The van der Waals surface area contributed by atoms with Gasteiger partial charge in [-0.3, -0.25) is 9.13 Å². The fourth-order valence-corrected chi connectivity index (χ4v) is 7.61. The Hall–Kier alpha value is -7.46. The number of fused-ring (bicyclic) bond motifs is 6. The number of nitrogens with zero attached hydrogens (tertiary/aromatic N) is 8. The minimum Gasteiger partial charge on any atom is -0.457 e. The van der Waals surface area contributed by atoms with Crippen molar-refractivity contribution in [1.29, 1.82) is 0 Å². The molecule has 56 heavy (non-hydrogen) atoms. The molecule has 0 fully saturated rings. The highest BCUT2D eigenvalue weighted by atomic mass is 16.5. The molecule has 0 amide bonds. The van der Waals surface area contributed by atoms with Gasteiger partial charge in [-0.1, -0.05) is 62.4 Å². The Bertz CT molecular complexity index is 2850. The first-order valence-corrected chi connectivity index (χ1v) is 18.5. The number of pyridine rings is 2. The van der Waals surface area contributed by atoms with Gasteiger partial charge >= 0.3 is 0 Å². The first kappa shape index (κ1) is 33.1. The van der Waals surface area contributed by atoms with Crippen LogP contribution in [-0.4, -0.2) is 39.5 Å². The Balaban J connectivity index is 1.13. The molecular weight excluding hydrogens is 697 g/mol. The van der Waals surface area contributed by atoms with Gasteiger partial charge in [-0.15, -0.1) is 20.4 Å². The number of aromatic nitrogens is 8. The second kappa shape index (κ2) is 13.7. The van der Waals surface area contributed by atoms with Crippen molar-refractivity contribution in [3.8, 4) is 46.0 Å². The number of para-hydroxylation sites is 2. The van der Waals surface area contributed by atoms with Gasteiger partial charge in [0.05, 0.1) is 22.1 Å². The average Bonchev–Trinajstić information content (AvgIpc) is 3.75. The summed E-state index contributed by atoms with van der Waals surface area (Å²) in [4.78, 5) is 9.41. The molecule has 0 atom stereocenters. The van der Waals surface area contributed by atoms with Crippen LogP contribution in [-0.2, 0) is 6.42 Å². The molecule has 5 aromatic carbocycles. The molecule has 0 spiro atoms. The SMILES string of the molecule is CC(C)Cc1c(Oc2ccc3c4ccccc4n(-c4ccccn4)c3c2)cc(-c2nncnn2)cc1Oc1ccc2c3ccccc3n(-c3ccccn3)c2c1. The molecule has 0 unspecified atom stereocenters. The van der Waals surface area contributed by atoms with Gasteiger partial charge in [-0.05, 0) is 85.1 Å². The van der Waals surface area contributed by atoms with Crippen molar-refractivity contribution in [1.82, 2.24) is 39.5 Å². The summed E-state index contributed by atoms with van der Waals surface area (Å²) in [6.45, 7) is 4.37.